The molecule has 3 heteroatoms. The van der Waals surface area contributed by atoms with E-state index in [0.29, 0.717) is 0 Å². The minimum absolute atomic E-state index is 0.0549. The number of nitrogens with one attached hydrogen (secondary N) is 1. The van der Waals surface area contributed by atoms with Gasteiger partial charge in [0.2, 0.25) is 0 Å². The Morgan fingerprint density at radius 3 is 2.47 bits per heavy atom. The number of rotatable bonds is 5. The van der Waals surface area contributed by atoms with Gasteiger partial charge in [0.05, 0.1) is 18.6 Å². The molecule has 102 valence electrons. The zero-order valence-corrected chi connectivity index (χ0v) is 11.7. The van der Waals surface area contributed by atoms with E-state index in [1.54, 1.807) is 24.7 Å². The summed E-state index contributed by atoms with van der Waals surface area (Å²) in [6.45, 7) is 6.94. The van der Waals surface area contributed by atoms with E-state index in [-0.39, 0.29) is 11.9 Å². The van der Waals surface area contributed by atoms with Crippen LogP contribution < -0.4 is 5.32 Å². The van der Waals surface area contributed by atoms with Crippen molar-refractivity contribution in [1.29, 1.82) is 0 Å². The Bertz CT molecular complexity index is 511. The van der Waals surface area contributed by atoms with E-state index >= 15 is 0 Å². The topological polar surface area (TPSA) is 25.2 Å². The fraction of sp³-hybridized carbons (Fsp3) is 0.375. The van der Waals surface area contributed by atoms with E-state index < -0.39 is 0 Å². The maximum Gasteiger partial charge on any atom is 0.123 e. The van der Waals surface area contributed by atoms with Crippen molar-refractivity contribution in [3.63, 3.8) is 0 Å². The normalized spacial score (nSPS) is 12.6. The summed E-state index contributed by atoms with van der Waals surface area (Å²) in [5.41, 5.74) is 4.14. The second-order valence-electron chi connectivity index (χ2n) is 4.90. The fourth-order valence-corrected chi connectivity index (χ4v) is 2.49. The first-order valence-electron chi connectivity index (χ1n) is 6.65. The van der Waals surface area contributed by atoms with Gasteiger partial charge in [0.15, 0.2) is 0 Å². The van der Waals surface area contributed by atoms with E-state index in [0.717, 1.165) is 35.2 Å². The predicted octanol–water partition coefficient (Wildman–Crippen LogP) is 4.12. The summed E-state index contributed by atoms with van der Waals surface area (Å²) >= 11 is 0. The fourth-order valence-electron chi connectivity index (χ4n) is 2.49. The van der Waals surface area contributed by atoms with Crippen LogP contribution in [-0.4, -0.2) is 6.54 Å². The van der Waals surface area contributed by atoms with Crippen LogP contribution >= 0.6 is 0 Å². The van der Waals surface area contributed by atoms with Gasteiger partial charge in [-0.3, -0.25) is 0 Å². The van der Waals surface area contributed by atoms with Crippen LogP contribution in [0.25, 0.3) is 0 Å². The van der Waals surface area contributed by atoms with Crippen LogP contribution in [0.1, 0.15) is 41.6 Å². The minimum Gasteiger partial charge on any atom is -0.472 e. The Hall–Kier alpha value is -1.61. The summed E-state index contributed by atoms with van der Waals surface area (Å²) < 4.78 is 18.6. The van der Waals surface area contributed by atoms with E-state index in [1.807, 2.05) is 19.9 Å². The number of hydrogen-bond acceptors (Lipinski definition) is 2. The summed E-state index contributed by atoms with van der Waals surface area (Å²) in [6.07, 6.45) is 4.47. The highest BCUT2D eigenvalue weighted by Gasteiger charge is 2.19. The molecule has 1 N–H and O–H groups in total. The van der Waals surface area contributed by atoms with Crippen molar-refractivity contribution in [2.75, 3.05) is 6.54 Å². The standard InChI is InChI=1S/C16H20FNO/c1-4-6-18-16(13-5-7-19-10-13)15-11(2)8-14(17)9-12(15)3/h5,7-10,16,18H,4,6H2,1-3H3. The Morgan fingerprint density at radius 1 is 1.26 bits per heavy atom. The lowest BCUT2D eigenvalue weighted by Gasteiger charge is -2.22. The lowest BCUT2D eigenvalue weighted by molar-refractivity contribution is 0.546. The average Bonchev–Trinajstić information content (AvgIpc) is 2.85. The Labute approximate surface area is 113 Å². The number of aryl methyl sites for hydroxylation is 2. The van der Waals surface area contributed by atoms with Crippen LogP contribution in [0.4, 0.5) is 4.39 Å². The van der Waals surface area contributed by atoms with Crippen molar-refractivity contribution >= 4 is 0 Å². The van der Waals surface area contributed by atoms with Gasteiger partial charge in [0.1, 0.15) is 5.82 Å². The SMILES string of the molecule is CCCNC(c1ccoc1)c1c(C)cc(F)cc1C. The van der Waals surface area contributed by atoms with Gasteiger partial charge in [-0.1, -0.05) is 6.92 Å². The first-order chi connectivity index (χ1) is 9.13. The van der Waals surface area contributed by atoms with Crippen LogP contribution in [0.5, 0.6) is 0 Å². The Morgan fingerprint density at radius 2 is 1.95 bits per heavy atom. The molecular weight excluding hydrogens is 241 g/mol. The van der Waals surface area contributed by atoms with Crippen LogP contribution in [0.15, 0.2) is 35.1 Å². The van der Waals surface area contributed by atoms with Crippen molar-refractivity contribution in [1.82, 2.24) is 5.32 Å². The molecule has 0 bridgehead atoms. The van der Waals surface area contributed by atoms with Gasteiger partial charge in [-0.15, -0.1) is 0 Å². The van der Waals surface area contributed by atoms with Crippen LogP contribution in [0.2, 0.25) is 0 Å². The molecular formula is C16H20FNO. The lowest BCUT2D eigenvalue weighted by Crippen LogP contribution is -2.24. The molecule has 0 amide bonds. The molecule has 1 heterocycles. The third-order valence-corrected chi connectivity index (χ3v) is 3.32. The third-order valence-electron chi connectivity index (χ3n) is 3.32. The van der Waals surface area contributed by atoms with Gasteiger partial charge in [-0.2, -0.15) is 0 Å². The van der Waals surface area contributed by atoms with Crippen LogP contribution in [-0.2, 0) is 0 Å². The van der Waals surface area contributed by atoms with Crippen molar-refractivity contribution in [3.05, 3.63) is 58.8 Å². The van der Waals surface area contributed by atoms with E-state index in [9.17, 15) is 4.39 Å². The average molecular weight is 261 g/mol. The highest BCUT2D eigenvalue weighted by molar-refractivity contribution is 5.41. The molecule has 0 spiro atoms. The van der Waals surface area contributed by atoms with E-state index in [1.165, 1.54) is 0 Å². The minimum atomic E-state index is -0.180. The highest BCUT2D eigenvalue weighted by atomic mass is 19.1. The van der Waals surface area contributed by atoms with Crippen LogP contribution in [0.3, 0.4) is 0 Å². The van der Waals surface area contributed by atoms with Crippen molar-refractivity contribution in [3.8, 4) is 0 Å². The molecule has 2 rings (SSSR count). The number of halogens is 1. The Kier molecular flexibility index (Phi) is 4.38. The molecule has 0 aliphatic rings. The molecule has 2 nitrogen and oxygen atoms in total. The quantitative estimate of drug-likeness (QED) is 0.875. The first-order valence-corrected chi connectivity index (χ1v) is 6.65. The van der Waals surface area contributed by atoms with Gasteiger partial charge in [0, 0.05) is 5.56 Å². The van der Waals surface area contributed by atoms with Gasteiger partial charge in [-0.25, -0.2) is 4.39 Å². The molecule has 1 aromatic heterocycles. The maximum atomic E-state index is 13.4. The first kappa shape index (κ1) is 13.8. The Balaban J connectivity index is 2.44. The molecule has 1 unspecified atom stereocenters. The van der Waals surface area contributed by atoms with Crippen molar-refractivity contribution in [2.24, 2.45) is 0 Å². The third kappa shape index (κ3) is 3.04. The molecule has 0 aliphatic carbocycles. The van der Waals surface area contributed by atoms with Gasteiger partial charge in [0.25, 0.3) is 0 Å². The second kappa shape index (κ2) is 6.02. The van der Waals surface area contributed by atoms with E-state index in [4.69, 9.17) is 4.42 Å². The zero-order valence-electron chi connectivity index (χ0n) is 11.7. The summed E-state index contributed by atoms with van der Waals surface area (Å²) in [7, 11) is 0. The smallest absolute Gasteiger partial charge is 0.123 e. The molecule has 2 aromatic rings. The lowest BCUT2D eigenvalue weighted by atomic mass is 9.92. The zero-order chi connectivity index (χ0) is 13.8. The molecule has 0 saturated heterocycles. The second-order valence-corrected chi connectivity index (χ2v) is 4.90. The highest BCUT2D eigenvalue weighted by Crippen LogP contribution is 2.29. The number of benzene rings is 1. The number of hydrogen-bond donors (Lipinski definition) is 1. The van der Waals surface area contributed by atoms with Gasteiger partial charge >= 0.3 is 0 Å². The number of furan rings is 1. The molecule has 0 aliphatic heterocycles. The summed E-state index contributed by atoms with van der Waals surface area (Å²) in [5, 5.41) is 3.51. The monoisotopic (exact) mass is 261 g/mol. The summed E-state index contributed by atoms with van der Waals surface area (Å²) in [5.74, 6) is -0.180. The largest absolute Gasteiger partial charge is 0.472 e. The maximum absolute atomic E-state index is 13.4. The molecule has 0 saturated carbocycles. The molecule has 0 fully saturated rings. The van der Waals surface area contributed by atoms with Crippen molar-refractivity contribution < 1.29 is 8.81 Å². The van der Waals surface area contributed by atoms with E-state index in [2.05, 4.69) is 12.2 Å². The summed E-state index contributed by atoms with van der Waals surface area (Å²) in [4.78, 5) is 0. The van der Waals surface area contributed by atoms with Crippen LogP contribution in [0, 0.1) is 19.7 Å². The van der Waals surface area contributed by atoms with Crippen molar-refractivity contribution in [2.45, 2.75) is 33.2 Å². The molecule has 0 radical (unpaired) electrons. The van der Waals surface area contributed by atoms with Gasteiger partial charge in [-0.05, 0) is 61.7 Å². The molecule has 1 atom stereocenters. The predicted molar refractivity (Wildman–Crippen MR) is 74.7 cm³/mol. The molecule has 1 aromatic carbocycles. The summed E-state index contributed by atoms with van der Waals surface area (Å²) in [6, 6.07) is 5.18. The molecule has 19 heavy (non-hydrogen) atoms. The van der Waals surface area contributed by atoms with Gasteiger partial charge < -0.3 is 9.73 Å².